The molecule has 2 aromatic rings. The van der Waals surface area contributed by atoms with E-state index in [1.807, 2.05) is 12.1 Å². The van der Waals surface area contributed by atoms with Crippen molar-refractivity contribution in [2.45, 2.75) is 18.4 Å². The van der Waals surface area contributed by atoms with E-state index in [9.17, 15) is 4.79 Å². The van der Waals surface area contributed by atoms with Gasteiger partial charge in [-0.25, -0.2) is 4.79 Å². The number of benzene rings is 2. The van der Waals surface area contributed by atoms with Gasteiger partial charge in [-0.05, 0) is 47.7 Å². The molecule has 0 saturated heterocycles. The summed E-state index contributed by atoms with van der Waals surface area (Å²) in [4.78, 5) is 12.3. The van der Waals surface area contributed by atoms with Gasteiger partial charge in [-0.15, -0.1) is 0 Å². The van der Waals surface area contributed by atoms with Crippen molar-refractivity contribution in [3.63, 3.8) is 0 Å². The Balaban J connectivity index is 1.86. The number of methoxy groups -OCH3 is 1. The van der Waals surface area contributed by atoms with Gasteiger partial charge in [0, 0.05) is 5.92 Å². The zero-order valence-electron chi connectivity index (χ0n) is 13.9. The second-order valence-corrected chi connectivity index (χ2v) is 7.75. The number of halogens is 3. The normalized spacial score (nSPS) is 23.2. The number of carbonyl (C=O) groups is 1. The molecule has 0 bridgehead atoms. The van der Waals surface area contributed by atoms with Gasteiger partial charge in [0.2, 0.25) is 0 Å². The number of hydrogen-bond acceptors (Lipinski definition) is 3. The van der Waals surface area contributed by atoms with Gasteiger partial charge in [0.15, 0.2) is 0 Å². The van der Waals surface area contributed by atoms with Gasteiger partial charge in [0.1, 0.15) is 0 Å². The number of hydrogen-bond donors (Lipinski definition) is 1. The van der Waals surface area contributed by atoms with Crippen molar-refractivity contribution in [3.05, 3.63) is 74.2 Å². The molecule has 0 spiro atoms. The molecule has 2 aliphatic rings. The molecule has 0 fully saturated rings. The molecule has 26 heavy (non-hydrogen) atoms. The van der Waals surface area contributed by atoms with Crippen molar-refractivity contribution in [3.8, 4) is 0 Å². The number of ether oxygens (including phenoxy) is 1. The molecule has 3 nitrogen and oxygen atoms in total. The quantitative estimate of drug-likeness (QED) is 0.471. The first-order valence-electron chi connectivity index (χ1n) is 8.30. The molecule has 0 amide bonds. The lowest BCUT2D eigenvalue weighted by Crippen LogP contribution is -2.30. The van der Waals surface area contributed by atoms with Gasteiger partial charge < -0.3 is 10.1 Å². The first-order valence-corrected chi connectivity index (χ1v) is 9.43. The van der Waals surface area contributed by atoms with Crippen LogP contribution in [0.5, 0.6) is 0 Å². The monoisotopic (exact) mass is 407 g/mol. The van der Waals surface area contributed by atoms with Crippen LogP contribution in [0.1, 0.15) is 39.9 Å². The minimum Gasteiger partial charge on any atom is -0.465 e. The highest BCUT2D eigenvalue weighted by Gasteiger charge is 2.41. The van der Waals surface area contributed by atoms with E-state index in [4.69, 9.17) is 39.5 Å². The van der Waals surface area contributed by atoms with Crippen LogP contribution in [0.25, 0.3) is 0 Å². The fourth-order valence-electron chi connectivity index (χ4n) is 4.00. The number of fused-ring (bicyclic) bond motifs is 3. The van der Waals surface area contributed by atoms with E-state index in [1.165, 1.54) is 7.11 Å². The summed E-state index contributed by atoms with van der Waals surface area (Å²) in [6.07, 6.45) is 5.20. The Morgan fingerprint density at radius 1 is 1.12 bits per heavy atom. The predicted molar refractivity (Wildman–Crippen MR) is 106 cm³/mol. The molecular formula is C20H16Cl3NO2. The van der Waals surface area contributed by atoms with Crippen LogP contribution in [0, 0.1) is 5.92 Å². The smallest absolute Gasteiger partial charge is 0.338 e. The Bertz CT molecular complexity index is 926. The van der Waals surface area contributed by atoms with E-state index in [0.717, 1.165) is 23.2 Å². The third kappa shape index (κ3) is 2.79. The van der Waals surface area contributed by atoms with Gasteiger partial charge in [-0.2, -0.15) is 0 Å². The van der Waals surface area contributed by atoms with E-state index in [2.05, 4.69) is 17.5 Å². The summed E-state index contributed by atoms with van der Waals surface area (Å²) in [7, 11) is 1.39. The molecule has 6 heteroatoms. The van der Waals surface area contributed by atoms with E-state index < -0.39 is 0 Å². The lowest BCUT2D eigenvalue weighted by atomic mass is 9.75. The van der Waals surface area contributed by atoms with Crippen molar-refractivity contribution >= 4 is 46.5 Å². The lowest BCUT2D eigenvalue weighted by Gasteiger charge is -2.38. The largest absolute Gasteiger partial charge is 0.465 e. The van der Waals surface area contributed by atoms with Crippen LogP contribution in [0.4, 0.5) is 5.69 Å². The summed E-state index contributed by atoms with van der Waals surface area (Å²) in [6, 6.07) is 9.15. The number of esters is 1. The fraction of sp³-hybridized carbons (Fsp3) is 0.250. The second-order valence-electron chi connectivity index (χ2n) is 6.52. The summed E-state index contributed by atoms with van der Waals surface area (Å²) in [5, 5.41) is 5.17. The Morgan fingerprint density at radius 2 is 1.88 bits per heavy atom. The Kier molecular flexibility index (Phi) is 4.64. The summed E-state index contributed by atoms with van der Waals surface area (Å²) >= 11 is 18.8. The highest BCUT2D eigenvalue weighted by molar-refractivity contribution is 6.42. The topological polar surface area (TPSA) is 38.3 Å². The zero-order valence-corrected chi connectivity index (χ0v) is 16.2. The van der Waals surface area contributed by atoms with Crippen LogP contribution < -0.4 is 5.32 Å². The van der Waals surface area contributed by atoms with Crippen LogP contribution in [0.3, 0.4) is 0 Å². The lowest BCUT2D eigenvalue weighted by molar-refractivity contribution is 0.0598. The average molecular weight is 409 g/mol. The van der Waals surface area contributed by atoms with E-state index in [-0.39, 0.29) is 23.8 Å². The number of carbonyl (C=O) groups excluding carboxylic acids is 1. The Hall–Kier alpha value is -1.68. The van der Waals surface area contributed by atoms with E-state index in [0.29, 0.717) is 20.6 Å². The van der Waals surface area contributed by atoms with Crippen molar-refractivity contribution < 1.29 is 9.53 Å². The van der Waals surface area contributed by atoms with Crippen molar-refractivity contribution in [2.24, 2.45) is 5.92 Å². The molecule has 3 atom stereocenters. The summed E-state index contributed by atoms with van der Waals surface area (Å²) in [6.45, 7) is 0. The standard InChI is InChI=1S/C20H16Cl3NO2/c1-26-20(25)13-6-8-15(22)19-17(13)11-3-2-4-12(11)18(24-19)10-5-7-14(21)16(23)9-10/h2-3,5-9,11-12,18,24H,4H2,1H3/t11-,12-,18-/m1/s1. The average Bonchev–Trinajstić information content (AvgIpc) is 3.13. The van der Waals surface area contributed by atoms with Gasteiger partial charge in [0.25, 0.3) is 0 Å². The highest BCUT2D eigenvalue weighted by atomic mass is 35.5. The van der Waals surface area contributed by atoms with Gasteiger partial charge in [-0.1, -0.05) is 53.0 Å². The van der Waals surface area contributed by atoms with Gasteiger partial charge >= 0.3 is 5.97 Å². The minimum atomic E-state index is -0.355. The molecule has 1 aliphatic carbocycles. The number of anilines is 1. The number of allylic oxidation sites excluding steroid dienone is 2. The maximum atomic E-state index is 12.3. The molecule has 0 aromatic heterocycles. The minimum absolute atomic E-state index is 0.0164. The van der Waals surface area contributed by atoms with Crippen molar-refractivity contribution in [1.29, 1.82) is 0 Å². The molecule has 4 rings (SSSR count). The molecule has 1 N–H and O–H groups in total. The maximum absolute atomic E-state index is 12.3. The zero-order chi connectivity index (χ0) is 18.4. The first kappa shape index (κ1) is 17.7. The van der Waals surface area contributed by atoms with Gasteiger partial charge in [-0.3, -0.25) is 0 Å². The summed E-state index contributed by atoms with van der Waals surface area (Å²) in [5.74, 6) is -0.0214. The van der Waals surface area contributed by atoms with Crippen LogP contribution in [-0.2, 0) is 4.74 Å². The third-order valence-corrected chi connectivity index (χ3v) is 6.23. The molecule has 0 radical (unpaired) electrons. The SMILES string of the molecule is COC(=O)c1ccc(Cl)c2c1[C@@H]1C=CC[C@H]1[C@@H](c1ccc(Cl)c(Cl)c1)N2. The highest BCUT2D eigenvalue weighted by Crippen LogP contribution is 2.53. The van der Waals surface area contributed by atoms with Crippen molar-refractivity contribution in [2.75, 3.05) is 12.4 Å². The van der Waals surface area contributed by atoms with Crippen LogP contribution >= 0.6 is 34.8 Å². The fourth-order valence-corrected chi connectivity index (χ4v) is 4.52. The van der Waals surface area contributed by atoms with E-state index in [1.54, 1.807) is 18.2 Å². The van der Waals surface area contributed by atoms with Gasteiger partial charge in [0.05, 0.1) is 39.5 Å². The van der Waals surface area contributed by atoms with Crippen molar-refractivity contribution in [1.82, 2.24) is 0 Å². The molecule has 134 valence electrons. The summed E-state index contributed by atoms with van der Waals surface area (Å²) < 4.78 is 4.97. The summed E-state index contributed by atoms with van der Waals surface area (Å²) in [5.41, 5.74) is 3.27. The number of nitrogens with one attached hydrogen (secondary N) is 1. The Morgan fingerprint density at radius 3 is 2.62 bits per heavy atom. The van der Waals surface area contributed by atoms with Crippen LogP contribution in [0.15, 0.2) is 42.5 Å². The first-order chi connectivity index (χ1) is 12.5. The second kappa shape index (κ2) is 6.80. The number of rotatable bonds is 2. The third-order valence-electron chi connectivity index (χ3n) is 5.18. The van der Waals surface area contributed by atoms with Crippen LogP contribution in [0.2, 0.25) is 15.1 Å². The molecule has 1 heterocycles. The van der Waals surface area contributed by atoms with Crippen LogP contribution in [-0.4, -0.2) is 13.1 Å². The molecule has 0 saturated carbocycles. The molecule has 1 aliphatic heterocycles. The van der Waals surface area contributed by atoms with E-state index >= 15 is 0 Å². The molecular weight excluding hydrogens is 393 g/mol. The molecule has 2 aromatic carbocycles. The Labute approximate surface area is 166 Å². The predicted octanol–water partition coefficient (Wildman–Crippen LogP) is 6.26. The molecule has 0 unspecified atom stereocenters. The maximum Gasteiger partial charge on any atom is 0.338 e.